The van der Waals surface area contributed by atoms with Crippen LogP contribution in [0.3, 0.4) is 0 Å². The number of sulfonamides is 1. The molecule has 0 aliphatic rings. The van der Waals surface area contributed by atoms with Gasteiger partial charge < -0.3 is 10.5 Å². The Labute approximate surface area is 122 Å². The van der Waals surface area contributed by atoms with Crippen molar-refractivity contribution in [2.75, 3.05) is 19.4 Å². The van der Waals surface area contributed by atoms with E-state index in [0.29, 0.717) is 18.7 Å². The second-order valence-electron chi connectivity index (χ2n) is 4.20. The second kappa shape index (κ2) is 6.25. The summed E-state index contributed by atoms with van der Waals surface area (Å²) in [5.74, 6) is 0.761. The summed E-state index contributed by atoms with van der Waals surface area (Å²) in [6.07, 6.45) is 0.595. The van der Waals surface area contributed by atoms with Crippen LogP contribution in [0.15, 0.2) is 39.9 Å². The number of ether oxygens (including phenoxy) is 1. The van der Waals surface area contributed by atoms with Crippen molar-refractivity contribution >= 4 is 27.0 Å². The Morgan fingerprint density at radius 3 is 2.80 bits per heavy atom. The minimum absolute atomic E-state index is 0.237. The van der Waals surface area contributed by atoms with Crippen molar-refractivity contribution in [2.24, 2.45) is 0 Å². The summed E-state index contributed by atoms with van der Waals surface area (Å²) < 4.78 is 31.9. The van der Waals surface area contributed by atoms with Crippen LogP contribution in [0.5, 0.6) is 5.75 Å². The van der Waals surface area contributed by atoms with Gasteiger partial charge in [0.05, 0.1) is 7.11 Å². The lowest BCUT2D eigenvalue weighted by atomic mass is 10.1. The van der Waals surface area contributed by atoms with E-state index in [2.05, 4.69) is 4.72 Å². The van der Waals surface area contributed by atoms with E-state index in [9.17, 15) is 8.42 Å². The van der Waals surface area contributed by atoms with Crippen LogP contribution in [0.4, 0.5) is 5.69 Å². The summed E-state index contributed by atoms with van der Waals surface area (Å²) in [4.78, 5) is 0. The van der Waals surface area contributed by atoms with Crippen LogP contribution >= 0.6 is 11.3 Å². The number of anilines is 1. The van der Waals surface area contributed by atoms with Gasteiger partial charge in [-0.2, -0.15) is 0 Å². The zero-order valence-corrected chi connectivity index (χ0v) is 12.6. The van der Waals surface area contributed by atoms with Crippen molar-refractivity contribution in [2.45, 2.75) is 10.6 Å². The number of hydrogen-bond donors (Lipinski definition) is 2. The summed E-state index contributed by atoms with van der Waals surface area (Å²) >= 11 is 1.11. The van der Waals surface area contributed by atoms with Crippen LogP contribution in [0.2, 0.25) is 0 Å². The summed E-state index contributed by atoms with van der Waals surface area (Å²) in [6, 6.07) is 9.00. The lowest BCUT2D eigenvalue weighted by Gasteiger charge is -2.06. The highest BCUT2D eigenvalue weighted by Crippen LogP contribution is 2.21. The minimum atomic E-state index is -3.47. The average molecular weight is 312 g/mol. The van der Waals surface area contributed by atoms with Gasteiger partial charge in [-0.05, 0) is 30.2 Å². The van der Waals surface area contributed by atoms with Crippen LogP contribution in [0, 0.1) is 0 Å². The van der Waals surface area contributed by atoms with Gasteiger partial charge in [0.1, 0.15) is 9.96 Å². The maximum atomic E-state index is 12.0. The van der Waals surface area contributed by atoms with E-state index in [1.165, 1.54) is 6.07 Å². The monoisotopic (exact) mass is 312 g/mol. The van der Waals surface area contributed by atoms with Crippen LogP contribution < -0.4 is 15.2 Å². The highest BCUT2D eigenvalue weighted by molar-refractivity contribution is 7.91. The molecule has 0 fully saturated rings. The van der Waals surface area contributed by atoms with E-state index < -0.39 is 10.0 Å². The average Bonchev–Trinajstić information content (AvgIpc) is 2.86. The molecule has 2 rings (SSSR count). The molecule has 7 heteroatoms. The third-order valence-electron chi connectivity index (χ3n) is 2.70. The van der Waals surface area contributed by atoms with Gasteiger partial charge in [0.25, 0.3) is 0 Å². The number of benzene rings is 1. The third kappa shape index (κ3) is 3.72. The molecule has 1 heterocycles. The molecule has 1 aromatic carbocycles. The van der Waals surface area contributed by atoms with Crippen LogP contribution in [0.1, 0.15) is 5.56 Å². The molecule has 2 aromatic rings. The molecule has 0 bridgehead atoms. The first-order valence-electron chi connectivity index (χ1n) is 5.98. The van der Waals surface area contributed by atoms with Crippen molar-refractivity contribution in [1.29, 1.82) is 0 Å². The van der Waals surface area contributed by atoms with E-state index in [1.807, 2.05) is 24.3 Å². The summed E-state index contributed by atoms with van der Waals surface area (Å²) in [5.41, 5.74) is 7.00. The summed E-state index contributed by atoms with van der Waals surface area (Å²) in [6.45, 7) is 0.327. The lowest BCUT2D eigenvalue weighted by Crippen LogP contribution is -2.25. The zero-order valence-electron chi connectivity index (χ0n) is 11.0. The normalized spacial score (nSPS) is 11.4. The highest BCUT2D eigenvalue weighted by atomic mass is 32.2. The maximum Gasteiger partial charge on any atom is 0.250 e. The fourth-order valence-corrected chi connectivity index (χ4v) is 3.86. The van der Waals surface area contributed by atoms with E-state index in [1.54, 1.807) is 12.5 Å². The predicted molar refractivity (Wildman–Crippen MR) is 80.6 cm³/mol. The predicted octanol–water partition coefficient (Wildman–Crippen LogP) is 1.86. The molecular weight excluding hydrogens is 296 g/mol. The smallest absolute Gasteiger partial charge is 0.250 e. The molecule has 0 spiro atoms. The number of nitrogens with one attached hydrogen (secondary N) is 1. The Balaban J connectivity index is 1.95. The number of nitrogen functional groups attached to an aromatic ring is 1. The van der Waals surface area contributed by atoms with Crippen molar-refractivity contribution in [3.05, 3.63) is 41.3 Å². The first-order chi connectivity index (χ1) is 9.51. The van der Waals surface area contributed by atoms with Gasteiger partial charge in [0.2, 0.25) is 10.0 Å². The van der Waals surface area contributed by atoms with Crippen molar-refractivity contribution < 1.29 is 13.2 Å². The Morgan fingerprint density at radius 1 is 1.35 bits per heavy atom. The second-order valence-corrected chi connectivity index (χ2v) is 7.10. The Morgan fingerprint density at radius 2 is 2.15 bits per heavy atom. The molecule has 0 saturated carbocycles. The van der Waals surface area contributed by atoms with Gasteiger partial charge in [0, 0.05) is 17.6 Å². The number of methoxy groups -OCH3 is 1. The summed E-state index contributed by atoms with van der Waals surface area (Å²) in [7, 11) is -1.87. The van der Waals surface area contributed by atoms with Gasteiger partial charge in [-0.3, -0.25) is 0 Å². The van der Waals surface area contributed by atoms with E-state index in [-0.39, 0.29) is 4.21 Å². The largest absolute Gasteiger partial charge is 0.497 e. The first-order valence-corrected chi connectivity index (χ1v) is 8.34. The van der Waals surface area contributed by atoms with E-state index in [4.69, 9.17) is 10.5 Å². The summed E-state index contributed by atoms with van der Waals surface area (Å²) in [5, 5.41) is 1.61. The molecule has 1 aromatic heterocycles. The fraction of sp³-hybridized carbons (Fsp3) is 0.231. The highest BCUT2D eigenvalue weighted by Gasteiger charge is 2.15. The van der Waals surface area contributed by atoms with Gasteiger partial charge in [-0.1, -0.05) is 12.1 Å². The molecule has 0 atom stereocenters. The SMILES string of the molecule is COc1cccc(CCNS(=O)(=O)c2cc(N)cs2)c1. The van der Waals surface area contributed by atoms with E-state index in [0.717, 1.165) is 22.6 Å². The molecule has 0 amide bonds. The molecule has 0 unspecified atom stereocenters. The molecule has 0 aliphatic carbocycles. The fourth-order valence-electron chi connectivity index (χ4n) is 1.70. The van der Waals surface area contributed by atoms with Crippen molar-refractivity contribution in [1.82, 2.24) is 4.72 Å². The molecule has 3 N–H and O–H groups in total. The molecule has 108 valence electrons. The van der Waals surface area contributed by atoms with Crippen molar-refractivity contribution in [3.63, 3.8) is 0 Å². The third-order valence-corrected chi connectivity index (χ3v) is 5.62. The number of thiophene rings is 1. The van der Waals surface area contributed by atoms with Crippen LogP contribution in [-0.2, 0) is 16.4 Å². The van der Waals surface area contributed by atoms with Crippen LogP contribution in [-0.4, -0.2) is 22.1 Å². The number of nitrogens with two attached hydrogens (primary N) is 1. The van der Waals surface area contributed by atoms with Gasteiger partial charge in [-0.15, -0.1) is 11.3 Å². The Kier molecular flexibility index (Phi) is 4.64. The number of rotatable bonds is 6. The van der Waals surface area contributed by atoms with Gasteiger partial charge in [0.15, 0.2) is 0 Å². The minimum Gasteiger partial charge on any atom is -0.497 e. The molecule has 0 saturated heterocycles. The number of hydrogen-bond acceptors (Lipinski definition) is 5. The molecule has 20 heavy (non-hydrogen) atoms. The molecule has 0 aliphatic heterocycles. The van der Waals surface area contributed by atoms with Crippen molar-refractivity contribution in [3.8, 4) is 5.75 Å². The molecule has 0 radical (unpaired) electrons. The zero-order chi connectivity index (χ0) is 14.6. The first kappa shape index (κ1) is 14.8. The Hall–Kier alpha value is -1.57. The Bertz CT molecular complexity index is 680. The van der Waals surface area contributed by atoms with Gasteiger partial charge >= 0.3 is 0 Å². The molecule has 5 nitrogen and oxygen atoms in total. The van der Waals surface area contributed by atoms with Crippen LogP contribution in [0.25, 0.3) is 0 Å². The topological polar surface area (TPSA) is 81.4 Å². The lowest BCUT2D eigenvalue weighted by molar-refractivity contribution is 0.414. The van der Waals surface area contributed by atoms with E-state index >= 15 is 0 Å². The molecular formula is C13H16N2O3S2. The maximum absolute atomic E-state index is 12.0. The standard InChI is InChI=1S/C13H16N2O3S2/c1-18-12-4-2-3-10(7-12)5-6-15-20(16,17)13-8-11(14)9-19-13/h2-4,7-9,15H,5-6,14H2,1H3. The quantitative estimate of drug-likeness (QED) is 0.853. The van der Waals surface area contributed by atoms with Gasteiger partial charge in [-0.25, -0.2) is 13.1 Å².